The van der Waals surface area contributed by atoms with Gasteiger partial charge in [0.15, 0.2) is 0 Å². The van der Waals surface area contributed by atoms with Crippen molar-refractivity contribution in [2.24, 2.45) is 5.92 Å². The lowest BCUT2D eigenvalue weighted by molar-refractivity contribution is 0.0925. The summed E-state index contributed by atoms with van der Waals surface area (Å²) in [6.07, 6.45) is 7.83. The smallest absolute Gasteiger partial charge is 0.254 e. The van der Waals surface area contributed by atoms with Crippen LogP contribution in [-0.2, 0) is 17.7 Å². The van der Waals surface area contributed by atoms with Gasteiger partial charge in [0, 0.05) is 31.1 Å². The molecule has 0 spiro atoms. The first-order valence-electron chi connectivity index (χ1n) is 7.56. The molecule has 1 N–H and O–H groups in total. The number of rotatable bonds is 5. The van der Waals surface area contributed by atoms with Crippen LogP contribution >= 0.6 is 0 Å². The molecule has 2 atom stereocenters. The van der Waals surface area contributed by atoms with E-state index < -0.39 is 0 Å². The van der Waals surface area contributed by atoms with Crippen LogP contribution in [0.25, 0.3) is 0 Å². The summed E-state index contributed by atoms with van der Waals surface area (Å²) in [4.78, 5) is 16.3. The van der Waals surface area contributed by atoms with Gasteiger partial charge in [0.25, 0.3) is 5.91 Å². The van der Waals surface area contributed by atoms with E-state index in [2.05, 4.69) is 15.4 Å². The van der Waals surface area contributed by atoms with E-state index in [0.717, 1.165) is 13.0 Å². The number of pyridine rings is 1. The number of aromatic nitrogens is 3. The molecule has 6 heteroatoms. The van der Waals surface area contributed by atoms with Crippen molar-refractivity contribution in [2.75, 3.05) is 13.2 Å². The Balaban J connectivity index is 1.62. The van der Waals surface area contributed by atoms with Gasteiger partial charge in [-0.05, 0) is 31.0 Å². The molecule has 3 heterocycles. The Morgan fingerprint density at radius 3 is 2.95 bits per heavy atom. The number of aryl methyl sites for hydroxylation is 1. The summed E-state index contributed by atoms with van der Waals surface area (Å²) in [6.45, 7) is 3.97. The zero-order valence-electron chi connectivity index (χ0n) is 12.6. The predicted octanol–water partition coefficient (Wildman–Crippen LogP) is 1.29. The fourth-order valence-electron chi connectivity index (χ4n) is 2.69. The minimum atomic E-state index is -0.0880. The molecule has 0 aromatic carbocycles. The van der Waals surface area contributed by atoms with Crippen LogP contribution < -0.4 is 5.32 Å². The topological polar surface area (TPSA) is 69.0 Å². The van der Waals surface area contributed by atoms with Gasteiger partial charge in [-0.1, -0.05) is 0 Å². The minimum absolute atomic E-state index is 0.0330. The summed E-state index contributed by atoms with van der Waals surface area (Å²) in [7, 11) is 0. The van der Waals surface area contributed by atoms with Crippen molar-refractivity contribution in [3.05, 3.63) is 48.0 Å². The van der Waals surface area contributed by atoms with E-state index in [1.807, 2.05) is 19.1 Å². The first-order chi connectivity index (χ1) is 10.8. The Kier molecular flexibility index (Phi) is 4.48. The lowest BCUT2D eigenvalue weighted by Crippen LogP contribution is -2.40. The van der Waals surface area contributed by atoms with Gasteiger partial charge in [-0.2, -0.15) is 5.10 Å². The van der Waals surface area contributed by atoms with E-state index in [1.54, 1.807) is 29.5 Å². The minimum Gasteiger partial charge on any atom is -0.379 e. The molecule has 1 saturated heterocycles. The maximum Gasteiger partial charge on any atom is 0.254 e. The van der Waals surface area contributed by atoms with Gasteiger partial charge in [0.1, 0.15) is 0 Å². The number of hydrogen-bond donors (Lipinski definition) is 1. The Morgan fingerprint density at radius 2 is 2.23 bits per heavy atom. The number of nitrogens with one attached hydrogen (secondary N) is 1. The number of hydrogen-bond acceptors (Lipinski definition) is 4. The van der Waals surface area contributed by atoms with Crippen LogP contribution in [0.5, 0.6) is 0 Å². The second-order valence-electron chi connectivity index (χ2n) is 5.52. The first kappa shape index (κ1) is 14.7. The SMILES string of the molecule is CCn1cc(C(=O)N[C@H]2COC[C@H]2Cc2ccncc2)cn1. The van der Waals surface area contributed by atoms with Crippen LogP contribution in [0.3, 0.4) is 0 Å². The van der Waals surface area contributed by atoms with Crippen LogP contribution in [0, 0.1) is 5.92 Å². The van der Waals surface area contributed by atoms with Gasteiger partial charge in [-0.15, -0.1) is 0 Å². The zero-order chi connectivity index (χ0) is 15.4. The quantitative estimate of drug-likeness (QED) is 0.903. The van der Waals surface area contributed by atoms with Crippen molar-refractivity contribution < 1.29 is 9.53 Å². The lowest BCUT2D eigenvalue weighted by atomic mass is 9.95. The molecule has 2 aromatic heterocycles. The third-order valence-electron chi connectivity index (χ3n) is 3.98. The van der Waals surface area contributed by atoms with Gasteiger partial charge in [-0.25, -0.2) is 0 Å². The third kappa shape index (κ3) is 3.33. The fraction of sp³-hybridized carbons (Fsp3) is 0.438. The van der Waals surface area contributed by atoms with Crippen LogP contribution in [0.4, 0.5) is 0 Å². The van der Waals surface area contributed by atoms with Gasteiger partial charge < -0.3 is 10.1 Å². The normalized spacial score (nSPS) is 21.0. The number of carbonyl (C=O) groups excluding carboxylic acids is 1. The van der Waals surface area contributed by atoms with Crippen molar-refractivity contribution in [1.82, 2.24) is 20.1 Å². The fourth-order valence-corrected chi connectivity index (χ4v) is 2.69. The molecular formula is C16H20N4O2. The van der Waals surface area contributed by atoms with Gasteiger partial charge in [0.05, 0.1) is 31.0 Å². The monoisotopic (exact) mass is 300 g/mol. The average molecular weight is 300 g/mol. The Morgan fingerprint density at radius 1 is 1.41 bits per heavy atom. The van der Waals surface area contributed by atoms with Crippen molar-refractivity contribution in [3.63, 3.8) is 0 Å². The summed E-state index contributed by atoms with van der Waals surface area (Å²) in [5.41, 5.74) is 1.81. The standard InChI is InChI=1S/C16H20N4O2/c1-2-20-9-14(8-18-20)16(21)19-15-11-22-10-13(15)7-12-3-5-17-6-4-12/h3-6,8-9,13,15H,2,7,10-11H2,1H3,(H,19,21)/t13-,15+/m1/s1. The molecule has 116 valence electrons. The van der Waals surface area contributed by atoms with Crippen LogP contribution in [0.1, 0.15) is 22.8 Å². The zero-order valence-corrected chi connectivity index (χ0v) is 12.6. The lowest BCUT2D eigenvalue weighted by Gasteiger charge is -2.18. The molecule has 0 unspecified atom stereocenters. The van der Waals surface area contributed by atoms with E-state index in [9.17, 15) is 4.79 Å². The second kappa shape index (κ2) is 6.70. The van der Waals surface area contributed by atoms with Crippen molar-refractivity contribution >= 4 is 5.91 Å². The maximum absolute atomic E-state index is 12.3. The second-order valence-corrected chi connectivity index (χ2v) is 5.52. The third-order valence-corrected chi connectivity index (χ3v) is 3.98. The molecule has 0 bridgehead atoms. The van der Waals surface area contributed by atoms with Crippen molar-refractivity contribution in [1.29, 1.82) is 0 Å². The molecule has 3 rings (SSSR count). The molecule has 0 aliphatic carbocycles. The Bertz CT molecular complexity index is 626. The van der Waals surface area contributed by atoms with E-state index in [0.29, 0.717) is 18.8 Å². The van der Waals surface area contributed by atoms with Crippen LogP contribution in [0.15, 0.2) is 36.9 Å². The highest BCUT2D eigenvalue weighted by Crippen LogP contribution is 2.19. The summed E-state index contributed by atoms with van der Waals surface area (Å²) < 4.78 is 7.30. The number of nitrogens with zero attached hydrogens (tertiary/aromatic N) is 3. The first-order valence-corrected chi connectivity index (χ1v) is 7.56. The van der Waals surface area contributed by atoms with E-state index in [1.165, 1.54) is 5.56 Å². The van der Waals surface area contributed by atoms with Gasteiger partial charge in [-0.3, -0.25) is 14.5 Å². The average Bonchev–Trinajstić information content (AvgIpc) is 3.18. The van der Waals surface area contributed by atoms with Crippen LogP contribution in [0.2, 0.25) is 0 Å². The molecular weight excluding hydrogens is 280 g/mol. The number of carbonyl (C=O) groups is 1. The molecule has 6 nitrogen and oxygen atoms in total. The highest BCUT2D eigenvalue weighted by molar-refractivity contribution is 5.93. The highest BCUT2D eigenvalue weighted by Gasteiger charge is 2.30. The Hall–Kier alpha value is -2.21. The number of amides is 1. The largest absolute Gasteiger partial charge is 0.379 e. The molecule has 1 amide bonds. The molecule has 0 radical (unpaired) electrons. The van der Waals surface area contributed by atoms with Crippen molar-refractivity contribution in [2.45, 2.75) is 25.9 Å². The van der Waals surface area contributed by atoms with Crippen LogP contribution in [-0.4, -0.2) is 39.9 Å². The molecule has 1 fully saturated rings. The predicted molar refractivity (Wildman–Crippen MR) is 81.4 cm³/mol. The summed E-state index contributed by atoms with van der Waals surface area (Å²) in [5.74, 6) is 0.197. The maximum atomic E-state index is 12.3. The number of ether oxygens (including phenoxy) is 1. The summed E-state index contributed by atoms with van der Waals surface area (Å²) in [5, 5.41) is 7.20. The molecule has 2 aromatic rings. The summed E-state index contributed by atoms with van der Waals surface area (Å²) in [6, 6.07) is 4.04. The van der Waals surface area contributed by atoms with Gasteiger partial charge >= 0.3 is 0 Å². The van der Waals surface area contributed by atoms with E-state index >= 15 is 0 Å². The van der Waals surface area contributed by atoms with E-state index in [4.69, 9.17) is 4.74 Å². The summed E-state index contributed by atoms with van der Waals surface area (Å²) >= 11 is 0. The van der Waals surface area contributed by atoms with E-state index in [-0.39, 0.29) is 17.9 Å². The molecule has 1 aliphatic heterocycles. The molecule has 22 heavy (non-hydrogen) atoms. The highest BCUT2D eigenvalue weighted by atomic mass is 16.5. The van der Waals surface area contributed by atoms with Gasteiger partial charge in [0.2, 0.25) is 0 Å². The van der Waals surface area contributed by atoms with Crippen molar-refractivity contribution in [3.8, 4) is 0 Å². The Labute approximate surface area is 129 Å². The molecule has 1 aliphatic rings. The molecule has 0 saturated carbocycles.